The van der Waals surface area contributed by atoms with Crippen LogP contribution in [0.4, 0.5) is 11.4 Å². The molecule has 1 N–H and O–H groups in total. The van der Waals surface area contributed by atoms with Crippen LogP contribution in [0.1, 0.15) is 0 Å². The molecule has 0 spiro atoms. The lowest BCUT2D eigenvalue weighted by molar-refractivity contribution is -0.385. The maximum absolute atomic E-state index is 10.5. The van der Waals surface area contributed by atoms with Crippen LogP contribution in [0.25, 0.3) is 0 Å². The van der Waals surface area contributed by atoms with Crippen LogP contribution in [0.2, 0.25) is 0 Å². The van der Waals surface area contributed by atoms with E-state index in [2.05, 4.69) is 4.98 Å². The molecule has 1 aromatic carbocycles. The number of methoxy groups -OCH3 is 1. The van der Waals surface area contributed by atoms with Crippen LogP contribution in [-0.4, -0.2) is 17.0 Å². The summed E-state index contributed by atoms with van der Waals surface area (Å²) in [7, 11) is 1.46. The number of rotatable bonds is 4. The molecule has 0 unspecified atom stereocenters. The average Bonchev–Trinajstić information content (AvgIpc) is 2.41. The van der Waals surface area contributed by atoms with Gasteiger partial charge in [0.05, 0.1) is 17.7 Å². The molecule has 0 aliphatic rings. The minimum Gasteiger partial charge on any atom is -0.493 e. The van der Waals surface area contributed by atoms with Gasteiger partial charge in [-0.25, -0.2) is 4.98 Å². The molecule has 7 heteroatoms. The Morgan fingerprint density at radius 1 is 1.26 bits per heavy atom. The van der Waals surface area contributed by atoms with E-state index in [1.54, 1.807) is 12.1 Å². The molecule has 0 amide bonds. The third kappa shape index (κ3) is 2.89. The van der Waals surface area contributed by atoms with Crippen LogP contribution in [0.3, 0.4) is 0 Å². The monoisotopic (exact) mass is 260 g/mol. The summed E-state index contributed by atoms with van der Waals surface area (Å²) in [4.78, 5) is 13.8. The lowest BCUT2D eigenvalue weighted by atomic mass is 10.3. The third-order valence-electron chi connectivity index (χ3n) is 2.31. The van der Waals surface area contributed by atoms with Gasteiger partial charge in [-0.3, -0.25) is 10.1 Å². The molecule has 1 aromatic heterocycles. The highest BCUT2D eigenvalue weighted by Gasteiger charge is 2.09. The Labute approximate surface area is 108 Å². The van der Waals surface area contributed by atoms with Crippen LogP contribution in [-0.2, 0) is 0 Å². The molecule has 19 heavy (non-hydrogen) atoms. The Morgan fingerprint density at radius 2 is 2.05 bits per heavy atom. The van der Waals surface area contributed by atoms with Crippen molar-refractivity contribution in [3.8, 4) is 17.4 Å². The second-order valence-electron chi connectivity index (χ2n) is 3.58. The lowest BCUT2D eigenvalue weighted by Crippen LogP contribution is -1.93. The number of hydrogen-bond donors (Lipinski definition) is 0. The molecule has 0 saturated heterocycles. The number of hydrogen-bond acceptors (Lipinski definition) is 5. The Morgan fingerprint density at radius 3 is 2.63 bits per heavy atom. The van der Waals surface area contributed by atoms with E-state index in [1.165, 1.54) is 25.3 Å². The van der Waals surface area contributed by atoms with Gasteiger partial charge < -0.3 is 15.2 Å². The molecule has 7 nitrogen and oxygen atoms in total. The fraction of sp³-hybridized carbons (Fsp3) is 0.0833. The normalized spacial score (nSPS) is 9.95. The van der Waals surface area contributed by atoms with Crippen molar-refractivity contribution in [2.75, 3.05) is 7.11 Å². The van der Waals surface area contributed by atoms with Crippen molar-refractivity contribution >= 4 is 11.4 Å². The molecule has 1 radical (unpaired) electrons. The zero-order valence-electron chi connectivity index (χ0n) is 9.99. The number of ether oxygens (including phenoxy) is 2. The Kier molecular flexibility index (Phi) is 3.46. The highest BCUT2D eigenvalue weighted by molar-refractivity contribution is 5.51. The van der Waals surface area contributed by atoms with Gasteiger partial charge in [0.1, 0.15) is 6.20 Å². The first-order valence-corrected chi connectivity index (χ1v) is 5.28. The molecule has 1 heterocycles. The third-order valence-corrected chi connectivity index (χ3v) is 2.31. The topological polar surface area (TPSA) is 98.3 Å². The molecule has 0 aliphatic carbocycles. The van der Waals surface area contributed by atoms with Crippen molar-refractivity contribution in [2.24, 2.45) is 0 Å². The smallest absolute Gasteiger partial charge is 0.287 e. The summed E-state index contributed by atoms with van der Waals surface area (Å²) in [5, 5.41) is 10.5. The molecule has 0 saturated carbocycles. The molecular weight excluding hydrogens is 250 g/mol. The van der Waals surface area contributed by atoms with Crippen LogP contribution in [0.5, 0.6) is 17.4 Å². The van der Waals surface area contributed by atoms with E-state index < -0.39 is 4.92 Å². The first-order chi connectivity index (χ1) is 9.10. The summed E-state index contributed by atoms with van der Waals surface area (Å²) in [6.07, 6.45) is 1.11. The van der Waals surface area contributed by atoms with Gasteiger partial charge in [0.2, 0.25) is 5.88 Å². The van der Waals surface area contributed by atoms with E-state index in [0.29, 0.717) is 17.2 Å². The van der Waals surface area contributed by atoms with Crippen LogP contribution < -0.4 is 15.2 Å². The van der Waals surface area contributed by atoms with Gasteiger partial charge >= 0.3 is 0 Å². The Balaban J connectivity index is 2.23. The van der Waals surface area contributed by atoms with Gasteiger partial charge in [-0.1, -0.05) is 0 Å². The number of pyridine rings is 1. The standard InChI is InChI=1S/C12H10N3O4/c1-18-11-6-8(13)2-4-10(11)19-12-5-3-9(7-14-12)15(16)17/h2-7,13H,1H3. The van der Waals surface area contributed by atoms with E-state index >= 15 is 0 Å². The van der Waals surface area contributed by atoms with Gasteiger partial charge in [-0.05, 0) is 12.1 Å². The molecule has 0 atom stereocenters. The van der Waals surface area contributed by atoms with Crippen LogP contribution >= 0.6 is 0 Å². The largest absolute Gasteiger partial charge is 0.493 e. The highest BCUT2D eigenvalue weighted by atomic mass is 16.6. The summed E-state index contributed by atoms with van der Waals surface area (Å²) in [6, 6.07) is 7.31. The minimum absolute atomic E-state index is 0.110. The van der Waals surface area contributed by atoms with Crippen molar-refractivity contribution in [3.05, 3.63) is 46.6 Å². The second-order valence-corrected chi connectivity index (χ2v) is 3.58. The average molecular weight is 260 g/mol. The van der Waals surface area contributed by atoms with Gasteiger partial charge in [0, 0.05) is 18.2 Å². The summed E-state index contributed by atoms with van der Waals surface area (Å²) in [6.45, 7) is 0. The molecule has 0 fully saturated rings. The van der Waals surface area contributed by atoms with Crippen LogP contribution in [0, 0.1) is 10.1 Å². The Bertz CT molecular complexity index is 598. The first kappa shape index (κ1) is 12.6. The van der Waals surface area contributed by atoms with Gasteiger partial charge in [0.15, 0.2) is 11.5 Å². The predicted molar refractivity (Wildman–Crippen MR) is 66.7 cm³/mol. The number of benzene rings is 1. The zero-order valence-corrected chi connectivity index (χ0v) is 9.99. The predicted octanol–water partition coefficient (Wildman–Crippen LogP) is 2.71. The molecule has 2 rings (SSSR count). The van der Waals surface area contributed by atoms with Crippen molar-refractivity contribution in [3.63, 3.8) is 0 Å². The van der Waals surface area contributed by atoms with Crippen molar-refractivity contribution < 1.29 is 14.4 Å². The molecular formula is C12H10N3O4. The van der Waals surface area contributed by atoms with E-state index in [-0.39, 0.29) is 11.6 Å². The fourth-order valence-electron chi connectivity index (χ4n) is 1.41. The molecule has 0 aliphatic heterocycles. The second kappa shape index (κ2) is 5.21. The number of aromatic nitrogens is 1. The molecule has 97 valence electrons. The number of nitrogens with zero attached hydrogens (tertiary/aromatic N) is 2. The first-order valence-electron chi connectivity index (χ1n) is 5.28. The van der Waals surface area contributed by atoms with E-state index in [4.69, 9.17) is 15.2 Å². The summed E-state index contributed by atoms with van der Waals surface area (Å²) < 4.78 is 10.5. The van der Waals surface area contributed by atoms with E-state index in [0.717, 1.165) is 6.20 Å². The summed E-state index contributed by atoms with van der Waals surface area (Å²) >= 11 is 0. The summed E-state index contributed by atoms with van der Waals surface area (Å²) in [5.41, 5.74) is 7.65. The maximum atomic E-state index is 10.5. The molecule has 2 aromatic rings. The summed E-state index contributed by atoms with van der Waals surface area (Å²) in [5.74, 6) is 0.995. The zero-order chi connectivity index (χ0) is 13.8. The van der Waals surface area contributed by atoms with Gasteiger partial charge in [0.25, 0.3) is 5.69 Å². The van der Waals surface area contributed by atoms with Crippen molar-refractivity contribution in [1.29, 1.82) is 0 Å². The van der Waals surface area contributed by atoms with Gasteiger partial charge in [-0.15, -0.1) is 0 Å². The van der Waals surface area contributed by atoms with Gasteiger partial charge in [-0.2, -0.15) is 0 Å². The van der Waals surface area contributed by atoms with Crippen molar-refractivity contribution in [1.82, 2.24) is 10.7 Å². The Hall–Kier alpha value is -2.83. The van der Waals surface area contributed by atoms with Crippen molar-refractivity contribution in [2.45, 2.75) is 0 Å². The minimum atomic E-state index is -0.535. The SMILES string of the molecule is COc1cc([NH])ccc1Oc1ccc([N+](=O)[O-])cn1. The maximum Gasteiger partial charge on any atom is 0.287 e. The number of nitro groups is 1. The van der Waals surface area contributed by atoms with Crippen LogP contribution in [0.15, 0.2) is 36.5 Å². The number of nitrogens with one attached hydrogen (secondary N) is 1. The quantitative estimate of drug-likeness (QED) is 0.621. The fourth-order valence-corrected chi connectivity index (χ4v) is 1.41. The molecule has 0 bridgehead atoms. The lowest BCUT2D eigenvalue weighted by Gasteiger charge is -2.09. The highest BCUT2D eigenvalue weighted by Crippen LogP contribution is 2.32. The van der Waals surface area contributed by atoms with E-state index in [9.17, 15) is 10.1 Å². The van der Waals surface area contributed by atoms with E-state index in [1.807, 2.05) is 0 Å².